The molecule has 0 unspecified atom stereocenters. The molecule has 0 N–H and O–H groups in total. The first-order chi connectivity index (χ1) is 12.6. The zero-order valence-corrected chi connectivity index (χ0v) is 16.3. The van der Waals surface area contributed by atoms with Gasteiger partial charge in [-0.25, -0.2) is 0 Å². The lowest BCUT2D eigenvalue weighted by atomic mass is 9.86. The van der Waals surface area contributed by atoms with Gasteiger partial charge in [-0.2, -0.15) is 0 Å². The monoisotopic (exact) mass is 358 g/mol. The van der Waals surface area contributed by atoms with Gasteiger partial charge >= 0.3 is 0 Å². The lowest BCUT2D eigenvalue weighted by molar-refractivity contribution is 0.144. The zero-order chi connectivity index (χ0) is 18.5. The van der Waals surface area contributed by atoms with Crippen molar-refractivity contribution in [1.29, 1.82) is 0 Å². The van der Waals surface area contributed by atoms with Crippen LogP contribution < -0.4 is 14.4 Å². The molecule has 0 atom stereocenters. The van der Waals surface area contributed by atoms with E-state index in [9.17, 15) is 0 Å². The highest BCUT2D eigenvalue weighted by Crippen LogP contribution is 2.37. The molecule has 5 nitrogen and oxygen atoms in total. The second-order valence-electron chi connectivity index (χ2n) is 7.26. The molecule has 0 spiro atoms. The van der Waals surface area contributed by atoms with Gasteiger partial charge in [0.1, 0.15) is 6.61 Å². The fourth-order valence-corrected chi connectivity index (χ4v) is 3.73. The van der Waals surface area contributed by atoms with E-state index in [4.69, 9.17) is 14.2 Å². The number of methoxy groups -OCH3 is 2. The molecule has 1 aliphatic rings. The van der Waals surface area contributed by atoms with Crippen molar-refractivity contribution in [3.05, 3.63) is 24.4 Å². The smallest absolute Gasteiger partial charge is 0.162 e. The fraction of sp³-hybridized carbons (Fsp3) is 0.571. The van der Waals surface area contributed by atoms with E-state index in [1.807, 2.05) is 12.3 Å². The predicted octanol–water partition coefficient (Wildman–Crippen LogP) is 4.14. The van der Waals surface area contributed by atoms with Crippen molar-refractivity contribution >= 4 is 16.6 Å². The van der Waals surface area contributed by atoms with E-state index in [0.717, 1.165) is 41.6 Å². The highest BCUT2D eigenvalue weighted by atomic mass is 16.5. The molecule has 142 valence electrons. The van der Waals surface area contributed by atoms with E-state index in [2.05, 4.69) is 35.9 Å². The predicted molar refractivity (Wildman–Crippen MR) is 105 cm³/mol. The number of aromatic nitrogens is 1. The van der Waals surface area contributed by atoms with Crippen LogP contribution in [0.1, 0.15) is 26.7 Å². The minimum atomic E-state index is 0.494. The molecular formula is C21H30N2O3. The Labute approximate surface area is 156 Å². The van der Waals surface area contributed by atoms with Gasteiger partial charge in [-0.15, -0.1) is 0 Å². The SMILES string of the molecule is COCCOc1cc2c(N3CCC(C(C)C)CC3)ccnc2cc1OC. The standard InChI is InChI=1S/C21H30N2O3/c1-15(2)16-6-9-23(10-7-16)19-5-8-22-18-14-20(25-4)21(13-17(18)19)26-12-11-24-3/h5,8,13-16H,6-7,9-12H2,1-4H3. The van der Waals surface area contributed by atoms with Crippen LogP contribution in [0.15, 0.2) is 24.4 Å². The quantitative estimate of drug-likeness (QED) is 0.696. The first-order valence-corrected chi connectivity index (χ1v) is 9.47. The highest BCUT2D eigenvalue weighted by Gasteiger charge is 2.23. The number of rotatable bonds is 7. The first kappa shape index (κ1) is 18.8. The third-order valence-electron chi connectivity index (χ3n) is 5.37. The van der Waals surface area contributed by atoms with Gasteiger partial charge in [0.25, 0.3) is 0 Å². The van der Waals surface area contributed by atoms with Crippen molar-refractivity contribution in [1.82, 2.24) is 4.98 Å². The Balaban J connectivity index is 1.89. The second-order valence-corrected chi connectivity index (χ2v) is 7.26. The number of fused-ring (bicyclic) bond motifs is 1. The molecule has 0 bridgehead atoms. The fourth-order valence-electron chi connectivity index (χ4n) is 3.73. The molecule has 0 aliphatic carbocycles. The van der Waals surface area contributed by atoms with Gasteiger partial charge in [0.15, 0.2) is 11.5 Å². The largest absolute Gasteiger partial charge is 0.493 e. The molecule has 5 heteroatoms. The molecular weight excluding hydrogens is 328 g/mol. The van der Waals surface area contributed by atoms with E-state index < -0.39 is 0 Å². The molecule has 1 fully saturated rings. The minimum absolute atomic E-state index is 0.494. The van der Waals surface area contributed by atoms with E-state index in [0.29, 0.717) is 19.0 Å². The normalized spacial score (nSPS) is 15.7. The number of ether oxygens (including phenoxy) is 3. The third-order valence-corrected chi connectivity index (χ3v) is 5.37. The van der Waals surface area contributed by atoms with Crippen LogP contribution in [0, 0.1) is 11.8 Å². The minimum Gasteiger partial charge on any atom is -0.493 e. The van der Waals surface area contributed by atoms with Crippen LogP contribution in [-0.2, 0) is 4.74 Å². The Hall–Kier alpha value is -2.01. The summed E-state index contributed by atoms with van der Waals surface area (Å²) in [6, 6.07) is 6.13. The van der Waals surface area contributed by atoms with E-state index in [1.165, 1.54) is 18.5 Å². The summed E-state index contributed by atoms with van der Waals surface area (Å²) in [5, 5.41) is 1.11. The Morgan fingerprint density at radius 3 is 2.54 bits per heavy atom. The maximum atomic E-state index is 5.87. The van der Waals surface area contributed by atoms with Gasteiger partial charge in [0, 0.05) is 43.5 Å². The Morgan fingerprint density at radius 1 is 1.12 bits per heavy atom. The Kier molecular flexibility index (Phi) is 6.20. The summed E-state index contributed by atoms with van der Waals surface area (Å²) in [5.74, 6) is 3.03. The number of pyridine rings is 1. The Bertz CT molecular complexity index is 725. The summed E-state index contributed by atoms with van der Waals surface area (Å²) < 4.78 is 16.4. The molecule has 1 aromatic carbocycles. The van der Waals surface area contributed by atoms with Crippen molar-refractivity contribution in [3.63, 3.8) is 0 Å². The van der Waals surface area contributed by atoms with Crippen LogP contribution in [0.25, 0.3) is 10.9 Å². The van der Waals surface area contributed by atoms with Gasteiger partial charge in [0.2, 0.25) is 0 Å². The van der Waals surface area contributed by atoms with Gasteiger partial charge < -0.3 is 19.1 Å². The topological polar surface area (TPSA) is 43.8 Å². The van der Waals surface area contributed by atoms with Gasteiger partial charge in [-0.3, -0.25) is 4.98 Å². The van der Waals surface area contributed by atoms with Crippen molar-refractivity contribution in [3.8, 4) is 11.5 Å². The number of hydrogen-bond acceptors (Lipinski definition) is 5. The van der Waals surface area contributed by atoms with E-state index in [1.54, 1.807) is 14.2 Å². The highest BCUT2D eigenvalue weighted by molar-refractivity contribution is 5.94. The van der Waals surface area contributed by atoms with Crippen LogP contribution in [0.4, 0.5) is 5.69 Å². The second kappa shape index (κ2) is 8.58. The number of anilines is 1. The van der Waals surface area contributed by atoms with Crippen LogP contribution in [-0.4, -0.2) is 45.5 Å². The lowest BCUT2D eigenvalue weighted by Crippen LogP contribution is -2.35. The Morgan fingerprint density at radius 2 is 1.88 bits per heavy atom. The molecule has 2 heterocycles. The number of hydrogen-bond donors (Lipinski definition) is 0. The summed E-state index contributed by atoms with van der Waals surface area (Å²) in [5.41, 5.74) is 2.17. The number of nitrogens with zero attached hydrogens (tertiary/aromatic N) is 2. The molecule has 1 aromatic heterocycles. The molecule has 1 aliphatic heterocycles. The molecule has 2 aromatic rings. The summed E-state index contributed by atoms with van der Waals surface area (Å²) in [7, 11) is 3.33. The van der Waals surface area contributed by atoms with Crippen LogP contribution in [0.2, 0.25) is 0 Å². The van der Waals surface area contributed by atoms with Crippen molar-refractivity contribution in [2.75, 3.05) is 45.4 Å². The average molecular weight is 358 g/mol. The van der Waals surface area contributed by atoms with Crippen molar-refractivity contribution in [2.45, 2.75) is 26.7 Å². The average Bonchev–Trinajstić information content (AvgIpc) is 2.67. The maximum Gasteiger partial charge on any atom is 0.162 e. The molecule has 0 radical (unpaired) electrons. The lowest BCUT2D eigenvalue weighted by Gasteiger charge is -2.35. The number of benzene rings is 1. The zero-order valence-electron chi connectivity index (χ0n) is 16.3. The molecule has 1 saturated heterocycles. The third kappa shape index (κ3) is 4.04. The summed E-state index contributed by atoms with van der Waals surface area (Å²) >= 11 is 0. The number of piperidine rings is 1. The van der Waals surface area contributed by atoms with Crippen LogP contribution >= 0.6 is 0 Å². The molecule has 26 heavy (non-hydrogen) atoms. The summed E-state index contributed by atoms with van der Waals surface area (Å²) in [6.07, 6.45) is 4.38. The van der Waals surface area contributed by atoms with Crippen molar-refractivity contribution < 1.29 is 14.2 Å². The molecule has 0 amide bonds. The first-order valence-electron chi connectivity index (χ1n) is 9.47. The van der Waals surface area contributed by atoms with E-state index >= 15 is 0 Å². The molecule has 3 rings (SSSR count). The maximum absolute atomic E-state index is 5.87. The van der Waals surface area contributed by atoms with Crippen LogP contribution in [0.5, 0.6) is 11.5 Å². The summed E-state index contributed by atoms with van der Waals surface area (Å²) in [4.78, 5) is 7.02. The van der Waals surface area contributed by atoms with E-state index in [-0.39, 0.29) is 0 Å². The van der Waals surface area contributed by atoms with Gasteiger partial charge in [-0.05, 0) is 36.8 Å². The van der Waals surface area contributed by atoms with Crippen molar-refractivity contribution in [2.24, 2.45) is 11.8 Å². The molecule has 0 saturated carbocycles. The van der Waals surface area contributed by atoms with Gasteiger partial charge in [-0.1, -0.05) is 13.8 Å². The summed E-state index contributed by atoms with van der Waals surface area (Å²) in [6.45, 7) is 7.88. The van der Waals surface area contributed by atoms with Gasteiger partial charge in [0.05, 0.1) is 19.2 Å². The van der Waals surface area contributed by atoms with Crippen LogP contribution in [0.3, 0.4) is 0 Å².